The van der Waals surface area contributed by atoms with Crippen molar-refractivity contribution in [2.24, 2.45) is 5.73 Å². The van der Waals surface area contributed by atoms with Crippen molar-refractivity contribution in [3.63, 3.8) is 0 Å². The quantitative estimate of drug-likeness (QED) is 0.580. The van der Waals surface area contributed by atoms with E-state index in [0.717, 1.165) is 5.57 Å². The fourth-order valence-corrected chi connectivity index (χ4v) is 1.68. The van der Waals surface area contributed by atoms with Gasteiger partial charge in [-0.25, -0.2) is 0 Å². The Kier molecular flexibility index (Phi) is 4.88. The van der Waals surface area contributed by atoms with Gasteiger partial charge in [-0.3, -0.25) is 14.4 Å². The Morgan fingerprint density at radius 2 is 2.22 bits per heavy atom. The van der Waals surface area contributed by atoms with E-state index >= 15 is 0 Å². The zero-order chi connectivity index (χ0) is 13.7. The van der Waals surface area contributed by atoms with Crippen LogP contribution in [-0.2, 0) is 14.4 Å². The number of carbonyl (C=O) groups is 3. The highest BCUT2D eigenvalue weighted by Gasteiger charge is 2.29. The van der Waals surface area contributed by atoms with Crippen LogP contribution in [0.2, 0.25) is 0 Å². The summed E-state index contributed by atoms with van der Waals surface area (Å²) in [6.45, 7) is 3.80. The first-order chi connectivity index (χ1) is 8.40. The number of primary amides is 1. The number of hydrogen-bond acceptors (Lipinski definition) is 3. The molecule has 3 amide bonds. The Morgan fingerprint density at radius 3 is 2.67 bits per heavy atom. The van der Waals surface area contributed by atoms with E-state index in [1.54, 1.807) is 0 Å². The molecule has 4 N–H and O–H groups in total. The molecule has 1 saturated heterocycles. The van der Waals surface area contributed by atoms with Crippen LogP contribution in [0.3, 0.4) is 0 Å². The van der Waals surface area contributed by atoms with Gasteiger partial charge in [0.15, 0.2) is 0 Å². The van der Waals surface area contributed by atoms with Crippen LogP contribution in [0.4, 0.5) is 0 Å². The standard InChI is InChI=1S/C12H19N3O3/c1-7(2)3-4-8(11(13)17)15-12(18)9-5-6-10(16)14-9/h3,8-9H,4-6H2,1-2H3,(H2,13,17)(H,14,16)(H,15,18)/t8-,9-/m1/s1. The lowest BCUT2D eigenvalue weighted by Gasteiger charge is -2.17. The minimum atomic E-state index is -0.732. The van der Waals surface area contributed by atoms with Crippen molar-refractivity contribution in [3.05, 3.63) is 11.6 Å². The van der Waals surface area contributed by atoms with Crippen molar-refractivity contribution in [1.29, 1.82) is 0 Å². The molecule has 0 bridgehead atoms. The molecule has 6 heteroatoms. The summed E-state index contributed by atoms with van der Waals surface area (Å²) in [5.74, 6) is -1.08. The lowest BCUT2D eigenvalue weighted by Crippen LogP contribution is -2.50. The molecule has 0 aromatic carbocycles. The van der Waals surface area contributed by atoms with Crippen LogP contribution in [0.15, 0.2) is 11.6 Å². The van der Waals surface area contributed by atoms with E-state index in [9.17, 15) is 14.4 Å². The smallest absolute Gasteiger partial charge is 0.243 e. The van der Waals surface area contributed by atoms with Gasteiger partial charge >= 0.3 is 0 Å². The van der Waals surface area contributed by atoms with Crippen LogP contribution in [0, 0.1) is 0 Å². The molecule has 1 heterocycles. The molecule has 0 unspecified atom stereocenters. The number of nitrogens with one attached hydrogen (secondary N) is 2. The van der Waals surface area contributed by atoms with Crippen molar-refractivity contribution in [3.8, 4) is 0 Å². The van der Waals surface area contributed by atoms with Crippen LogP contribution in [0.5, 0.6) is 0 Å². The highest BCUT2D eigenvalue weighted by Crippen LogP contribution is 2.07. The third-order valence-electron chi connectivity index (χ3n) is 2.73. The van der Waals surface area contributed by atoms with E-state index in [1.807, 2.05) is 19.9 Å². The molecule has 0 aromatic rings. The van der Waals surface area contributed by atoms with E-state index in [2.05, 4.69) is 10.6 Å². The summed E-state index contributed by atoms with van der Waals surface area (Å²) in [6, 6.07) is -1.28. The molecule has 100 valence electrons. The Bertz CT molecular complexity index is 386. The summed E-state index contributed by atoms with van der Waals surface area (Å²) in [4.78, 5) is 34.0. The highest BCUT2D eigenvalue weighted by molar-refractivity contribution is 5.93. The van der Waals surface area contributed by atoms with E-state index in [4.69, 9.17) is 5.73 Å². The van der Waals surface area contributed by atoms with Crippen LogP contribution in [0.25, 0.3) is 0 Å². The summed E-state index contributed by atoms with van der Waals surface area (Å²) in [5.41, 5.74) is 6.27. The van der Waals surface area contributed by atoms with Gasteiger partial charge in [0, 0.05) is 6.42 Å². The normalized spacial score (nSPS) is 19.9. The first-order valence-electron chi connectivity index (χ1n) is 5.92. The molecule has 0 radical (unpaired) electrons. The van der Waals surface area contributed by atoms with Crippen molar-refractivity contribution in [2.75, 3.05) is 0 Å². The highest BCUT2D eigenvalue weighted by atomic mass is 16.2. The average molecular weight is 253 g/mol. The number of hydrogen-bond donors (Lipinski definition) is 3. The van der Waals surface area contributed by atoms with Gasteiger partial charge in [0.2, 0.25) is 17.7 Å². The van der Waals surface area contributed by atoms with Gasteiger partial charge < -0.3 is 16.4 Å². The molecular weight excluding hydrogens is 234 g/mol. The molecule has 6 nitrogen and oxygen atoms in total. The topological polar surface area (TPSA) is 101 Å². The Balaban J connectivity index is 2.55. The first kappa shape index (κ1) is 14.2. The summed E-state index contributed by atoms with van der Waals surface area (Å²) < 4.78 is 0. The summed E-state index contributed by atoms with van der Waals surface area (Å²) >= 11 is 0. The van der Waals surface area contributed by atoms with Gasteiger partial charge in [-0.1, -0.05) is 11.6 Å². The monoisotopic (exact) mass is 253 g/mol. The fraction of sp³-hybridized carbons (Fsp3) is 0.583. The molecule has 0 aliphatic carbocycles. The summed E-state index contributed by atoms with van der Waals surface area (Å²) in [6.07, 6.45) is 3.00. The number of carbonyl (C=O) groups excluding carboxylic acids is 3. The molecule has 18 heavy (non-hydrogen) atoms. The number of amides is 3. The molecular formula is C12H19N3O3. The minimum Gasteiger partial charge on any atom is -0.368 e. The van der Waals surface area contributed by atoms with Gasteiger partial charge in [-0.15, -0.1) is 0 Å². The molecule has 0 aromatic heterocycles. The second kappa shape index (κ2) is 6.18. The van der Waals surface area contributed by atoms with E-state index in [-0.39, 0.29) is 11.8 Å². The second-order valence-electron chi connectivity index (χ2n) is 4.64. The summed E-state index contributed by atoms with van der Waals surface area (Å²) in [7, 11) is 0. The van der Waals surface area contributed by atoms with Crippen LogP contribution < -0.4 is 16.4 Å². The zero-order valence-corrected chi connectivity index (χ0v) is 10.7. The van der Waals surface area contributed by atoms with Crippen molar-refractivity contribution < 1.29 is 14.4 Å². The van der Waals surface area contributed by atoms with Crippen molar-refractivity contribution >= 4 is 17.7 Å². The fourth-order valence-electron chi connectivity index (χ4n) is 1.68. The van der Waals surface area contributed by atoms with Crippen LogP contribution in [0.1, 0.15) is 33.1 Å². The van der Waals surface area contributed by atoms with Gasteiger partial charge in [-0.2, -0.15) is 0 Å². The van der Waals surface area contributed by atoms with Crippen molar-refractivity contribution in [2.45, 2.75) is 45.2 Å². The largest absolute Gasteiger partial charge is 0.368 e. The van der Waals surface area contributed by atoms with Crippen LogP contribution >= 0.6 is 0 Å². The maximum absolute atomic E-state index is 11.8. The van der Waals surface area contributed by atoms with Gasteiger partial charge in [0.25, 0.3) is 0 Å². The predicted octanol–water partition coefficient (Wildman–Crippen LogP) is -0.409. The molecule has 1 aliphatic rings. The number of rotatable bonds is 5. The lowest BCUT2D eigenvalue weighted by molar-refractivity contribution is -0.129. The average Bonchev–Trinajstić information content (AvgIpc) is 2.70. The predicted molar refractivity (Wildman–Crippen MR) is 66.3 cm³/mol. The van der Waals surface area contributed by atoms with Gasteiger partial charge in [-0.05, 0) is 26.7 Å². The molecule has 0 spiro atoms. The van der Waals surface area contributed by atoms with Gasteiger partial charge in [0.05, 0.1) is 0 Å². The minimum absolute atomic E-state index is 0.143. The zero-order valence-electron chi connectivity index (χ0n) is 10.7. The molecule has 1 rings (SSSR count). The Hall–Kier alpha value is -1.85. The lowest BCUT2D eigenvalue weighted by atomic mass is 10.1. The molecule has 2 atom stereocenters. The SMILES string of the molecule is CC(C)=CC[C@@H](NC(=O)[C@H]1CCC(=O)N1)C(N)=O. The Labute approximate surface area is 106 Å². The third-order valence-corrected chi connectivity index (χ3v) is 2.73. The number of allylic oxidation sites excluding steroid dienone is 1. The van der Waals surface area contributed by atoms with E-state index < -0.39 is 18.0 Å². The second-order valence-corrected chi connectivity index (χ2v) is 4.64. The molecule has 0 saturated carbocycles. The van der Waals surface area contributed by atoms with E-state index in [0.29, 0.717) is 19.3 Å². The maximum atomic E-state index is 11.8. The molecule has 1 fully saturated rings. The van der Waals surface area contributed by atoms with Crippen molar-refractivity contribution in [1.82, 2.24) is 10.6 Å². The first-order valence-corrected chi connectivity index (χ1v) is 5.92. The van der Waals surface area contributed by atoms with E-state index in [1.165, 1.54) is 0 Å². The maximum Gasteiger partial charge on any atom is 0.243 e. The van der Waals surface area contributed by atoms with Gasteiger partial charge in [0.1, 0.15) is 12.1 Å². The number of nitrogens with two attached hydrogens (primary N) is 1. The Morgan fingerprint density at radius 1 is 1.56 bits per heavy atom. The van der Waals surface area contributed by atoms with Crippen LogP contribution in [-0.4, -0.2) is 29.8 Å². The molecule has 1 aliphatic heterocycles. The summed E-state index contributed by atoms with van der Waals surface area (Å²) in [5, 5.41) is 5.11. The third kappa shape index (κ3) is 4.20.